The number of hydrogen-bond donors (Lipinski definition) is 0. The van der Waals surface area contributed by atoms with Crippen molar-refractivity contribution >= 4 is 0 Å². The van der Waals surface area contributed by atoms with Gasteiger partial charge in [0.05, 0.1) is 6.07 Å². The van der Waals surface area contributed by atoms with E-state index in [4.69, 9.17) is 0 Å². The van der Waals surface area contributed by atoms with Crippen LogP contribution in [0.1, 0.15) is 53.4 Å². The molecule has 0 aliphatic heterocycles. The van der Waals surface area contributed by atoms with Crippen molar-refractivity contribution in [2.75, 3.05) is 13.1 Å². The summed E-state index contributed by atoms with van der Waals surface area (Å²) in [6, 6.07) is 2.60. The molecule has 0 aromatic heterocycles. The van der Waals surface area contributed by atoms with Gasteiger partial charge in [-0.25, -0.2) is 0 Å². The first-order chi connectivity index (χ1) is 6.99. The van der Waals surface area contributed by atoms with Gasteiger partial charge in [-0.15, -0.1) is 0 Å². The summed E-state index contributed by atoms with van der Waals surface area (Å²) in [6.07, 6.45) is 4.53. The quantitative estimate of drug-likeness (QED) is 0.712. The molecule has 0 heterocycles. The molecule has 0 spiro atoms. The Balaban J connectivity index is 2.89. The SMILES string of the molecule is CCN(CC)C1(C#N)CCCC(C)(C)C1. The Labute approximate surface area is 94.3 Å². The summed E-state index contributed by atoms with van der Waals surface area (Å²) in [7, 11) is 0. The number of nitrogens with zero attached hydrogens (tertiary/aromatic N) is 2. The van der Waals surface area contributed by atoms with Crippen LogP contribution in [0.5, 0.6) is 0 Å². The van der Waals surface area contributed by atoms with Gasteiger partial charge in [-0.3, -0.25) is 4.90 Å². The van der Waals surface area contributed by atoms with Gasteiger partial charge < -0.3 is 0 Å². The lowest BCUT2D eigenvalue weighted by atomic mass is 9.68. The predicted octanol–water partition coefficient (Wildman–Crippen LogP) is 3.19. The van der Waals surface area contributed by atoms with E-state index in [1.165, 1.54) is 12.8 Å². The van der Waals surface area contributed by atoms with Crippen molar-refractivity contribution in [1.82, 2.24) is 4.90 Å². The van der Waals surface area contributed by atoms with Crippen molar-refractivity contribution in [2.24, 2.45) is 5.41 Å². The molecule has 1 rings (SSSR count). The molecule has 0 aromatic rings. The van der Waals surface area contributed by atoms with E-state index in [2.05, 4.69) is 38.7 Å². The fourth-order valence-corrected chi connectivity index (χ4v) is 3.09. The first-order valence-corrected chi connectivity index (χ1v) is 6.16. The van der Waals surface area contributed by atoms with Gasteiger partial charge in [0.2, 0.25) is 0 Å². The second-order valence-electron chi connectivity index (χ2n) is 5.51. The molecule has 86 valence electrons. The van der Waals surface area contributed by atoms with Gasteiger partial charge in [-0.2, -0.15) is 5.26 Å². The Kier molecular flexibility index (Phi) is 3.78. The van der Waals surface area contributed by atoms with E-state index in [1.807, 2.05) is 0 Å². The summed E-state index contributed by atoms with van der Waals surface area (Å²) >= 11 is 0. The van der Waals surface area contributed by atoms with Crippen molar-refractivity contribution in [3.8, 4) is 6.07 Å². The zero-order chi connectivity index (χ0) is 11.5. The van der Waals surface area contributed by atoms with Crippen LogP contribution in [0, 0.1) is 16.7 Å². The summed E-state index contributed by atoms with van der Waals surface area (Å²) in [5, 5.41) is 9.51. The zero-order valence-corrected chi connectivity index (χ0v) is 10.6. The molecule has 15 heavy (non-hydrogen) atoms. The molecular weight excluding hydrogens is 184 g/mol. The number of hydrogen-bond acceptors (Lipinski definition) is 2. The number of nitriles is 1. The Morgan fingerprint density at radius 1 is 1.20 bits per heavy atom. The Morgan fingerprint density at radius 3 is 2.20 bits per heavy atom. The van der Waals surface area contributed by atoms with Gasteiger partial charge in [0.15, 0.2) is 0 Å². The lowest BCUT2D eigenvalue weighted by molar-refractivity contribution is 0.0518. The second-order valence-corrected chi connectivity index (χ2v) is 5.51. The lowest BCUT2D eigenvalue weighted by Crippen LogP contribution is -2.52. The lowest BCUT2D eigenvalue weighted by Gasteiger charge is -2.46. The second kappa shape index (κ2) is 4.53. The van der Waals surface area contributed by atoms with Gasteiger partial charge in [0, 0.05) is 0 Å². The van der Waals surface area contributed by atoms with Crippen LogP contribution < -0.4 is 0 Å². The van der Waals surface area contributed by atoms with Crippen LogP contribution in [-0.4, -0.2) is 23.5 Å². The molecule has 2 nitrogen and oxygen atoms in total. The summed E-state index contributed by atoms with van der Waals surface area (Å²) < 4.78 is 0. The first kappa shape index (κ1) is 12.5. The highest BCUT2D eigenvalue weighted by molar-refractivity contribution is 5.12. The van der Waals surface area contributed by atoms with Crippen LogP contribution >= 0.6 is 0 Å². The van der Waals surface area contributed by atoms with Gasteiger partial charge in [0.25, 0.3) is 0 Å². The van der Waals surface area contributed by atoms with Crippen molar-refractivity contribution in [2.45, 2.75) is 58.9 Å². The molecule has 2 heteroatoms. The molecule has 1 fully saturated rings. The summed E-state index contributed by atoms with van der Waals surface area (Å²) in [6.45, 7) is 10.9. The van der Waals surface area contributed by atoms with Gasteiger partial charge in [-0.05, 0) is 37.8 Å². The van der Waals surface area contributed by atoms with Crippen molar-refractivity contribution in [3.63, 3.8) is 0 Å². The standard InChI is InChI=1S/C13H24N2/c1-5-15(6-2)13(11-14)9-7-8-12(3,4)10-13/h5-10H2,1-4H3. The Hall–Kier alpha value is -0.550. The molecular formula is C13H24N2. The molecule has 1 atom stereocenters. The molecule has 1 aliphatic rings. The van der Waals surface area contributed by atoms with E-state index in [0.717, 1.165) is 25.9 Å². The highest BCUT2D eigenvalue weighted by Gasteiger charge is 2.43. The van der Waals surface area contributed by atoms with Crippen molar-refractivity contribution in [3.05, 3.63) is 0 Å². The van der Waals surface area contributed by atoms with Gasteiger partial charge in [0.1, 0.15) is 5.54 Å². The van der Waals surface area contributed by atoms with E-state index in [9.17, 15) is 5.26 Å². The molecule has 0 aromatic carbocycles. The van der Waals surface area contributed by atoms with Crippen LogP contribution in [0.25, 0.3) is 0 Å². The maximum atomic E-state index is 9.51. The molecule has 1 saturated carbocycles. The maximum absolute atomic E-state index is 9.51. The van der Waals surface area contributed by atoms with E-state index in [1.54, 1.807) is 0 Å². The van der Waals surface area contributed by atoms with E-state index in [0.29, 0.717) is 5.41 Å². The van der Waals surface area contributed by atoms with Gasteiger partial charge >= 0.3 is 0 Å². The minimum atomic E-state index is -0.189. The minimum Gasteiger partial charge on any atom is -0.286 e. The highest BCUT2D eigenvalue weighted by atomic mass is 15.2. The maximum Gasteiger partial charge on any atom is 0.109 e. The smallest absolute Gasteiger partial charge is 0.109 e. The van der Waals surface area contributed by atoms with Crippen molar-refractivity contribution < 1.29 is 0 Å². The molecule has 0 amide bonds. The molecule has 0 saturated heterocycles. The molecule has 1 aliphatic carbocycles. The third kappa shape index (κ3) is 2.52. The van der Waals surface area contributed by atoms with E-state index < -0.39 is 0 Å². The molecule has 0 bridgehead atoms. The first-order valence-electron chi connectivity index (χ1n) is 6.16. The fourth-order valence-electron chi connectivity index (χ4n) is 3.09. The highest BCUT2D eigenvalue weighted by Crippen LogP contribution is 2.43. The third-order valence-corrected chi connectivity index (χ3v) is 3.79. The van der Waals surface area contributed by atoms with Crippen LogP contribution in [0.15, 0.2) is 0 Å². The molecule has 0 N–H and O–H groups in total. The fraction of sp³-hybridized carbons (Fsp3) is 0.923. The summed E-state index contributed by atoms with van der Waals surface area (Å²) in [4.78, 5) is 2.34. The minimum absolute atomic E-state index is 0.189. The predicted molar refractivity (Wildman–Crippen MR) is 63.5 cm³/mol. The van der Waals surface area contributed by atoms with E-state index in [-0.39, 0.29) is 5.54 Å². The van der Waals surface area contributed by atoms with Crippen LogP contribution in [-0.2, 0) is 0 Å². The van der Waals surface area contributed by atoms with Gasteiger partial charge in [-0.1, -0.05) is 34.1 Å². The van der Waals surface area contributed by atoms with Crippen LogP contribution in [0.3, 0.4) is 0 Å². The van der Waals surface area contributed by atoms with E-state index >= 15 is 0 Å². The average molecular weight is 208 g/mol. The molecule has 0 radical (unpaired) electrons. The summed E-state index contributed by atoms with van der Waals surface area (Å²) in [5.74, 6) is 0. The largest absolute Gasteiger partial charge is 0.286 e. The monoisotopic (exact) mass is 208 g/mol. The zero-order valence-electron chi connectivity index (χ0n) is 10.6. The van der Waals surface area contributed by atoms with Crippen LogP contribution in [0.4, 0.5) is 0 Å². The number of rotatable bonds is 3. The third-order valence-electron chi connectivity index (χ3n) is 3.79. The normalized spacial score (nSPS) is 30.1. The summed E-state index contributed by atoms with van der Waals surface area (Å²) in [5.41, 5.74) is 0.141. The van der Waals surface area contributed by atoms with Crippen LogP contribution in [0.2, 0.25) is 0 Å². The van der Waals surface area contributed by atoms with Crippen molar-refractivity contribution in [1.29, 1.82) is 5.26 Å². The Bertz CT molecular complexity index is 248. The Morgan fingerprint density at radius 2 is 1.80 bits per heavy atom. The topological polar surface area (TPSA) is 27.0 Å². The average Bonchev–Trinajstić information content (AvgIpc) is 2.18. The molecule has 1 unspecified atom stereocenters.